The summed E-state index contributed by atoms with van der Waals surface area (Å²) < 4.78 is 5.41. The quantitative estimate of drug-likeness (QED) is 0.446. The summed E-state index contributed by atoms with van der Waals surface area (Å²) in [7, 11) is 0. The molecule has 8 nitrogen and oxygen atoms in total. The second kappa shape index (κ2) is 6.52. The van der Waals surface area contributed by atoms with Crippen LogP contribution in [0.3, 0.4) is 0 Å². The molecule has 0 unspecified atom stereocenters. The first-order valence-electron chi connectivity index (χ1n) is 7.97. The Morgan fingerprint density at radius 1 is 1.19 bits per heavy atom. The predicted octanol–water partition coefficient (Wildman–Crippen LogP) is 2.81. The number of aromatic amines is 1. The van der Waals surface area contributed by atoms with Gasteiger partial charge in [0.15, 0.2) is 0 Å². The Balaban J connectivity index is 1.66. The number of aromatic nitrogens is 7. The summed E-state index contributed by atoms with van der Waals surface area (Å²) in [5.74, 6) is 0.507. The van der Waals surface area contributed by atoms with Gasteiger partial charge in [-0.05, 0) is 44.3 Å². The van der Waals surface area contributed by atoms with Crippen molar-refractivity contribution in [3.63, 3.8) is 0 Å². The Morgan fingerprint density at radius 2 is 2.00 bits per heavy atom. The van der Waals surface area contributed by atoms with E-state index in [0.29, 0.717) is 10.7 Å². The molecule has 3 aromatic heterocycles. The van der Waals surface area contributed by atoms with Crippen LogP contribution in [0.5, 0.6) is 0 Å². The van der Waals surface area contributed by atoms with Crippen molar-refractivity contribution < 1.29 is 0 Å². The minimum Gasteiger partial charge on any atom is -0.248 e. The second-order valence-electron chi connectivity index (χ2n) is 5.78. The van der Waals surface area contributed by atoms with Gasteiger partial charge in [-0.2, -0.15) is 20.0 Å². The van der Waals surface area contributed by atoms with Gasteiger partial charge in [-0.15, -0.1) is 5.10 Å². The lowest BCUT2D eigenvalue weighted by Crippen LogP contribution is -2.07. The molecule has 0 amide bonds. The van der Waals surface area contributed by atoms with Gasteiger partial charge < -0.3 is 0 Å². The number of aryl methyl sites for hydroxylation is 2. The molecule has 0 spiro atoms. The molecule has 0 saturated heterocycles. The van der Waals surface area contributed by atoms with E-state index in [-0.39, 0.29) is 0 Å². The number of nitrogens with one attached hydrogen (secondary N) is 1. The molecule has 0 bridgehead atoms. The van der Waals surface area contributed by atoms with E-state index in [9.17, 15) is 0 Å². The number of rotatable bonds is 4. The van der Waals surface area contributed by atoms with Crippen LogP contribution in [0.4, 0.5) is 0 Å². The summed E-state index contributed by atoms with van der Waals surface area (Å²) in [5, 5.41) is 20.2. The fourth-order valence-electron chi connectivity index (χ4n) is 2.61. The fraction of sp³-hybridized carbons (Fsp3) is 0.118. The van der Waals surface area contributed by atoms with Crippen LogP contribution in [0.2, 0.25) is 0 Å². The molecule has 0 aliphatic rings. The summed E-state index contributed by atoms with van der Waals surface area (Å²) in [6.07, 6.45) is 5.32. The Labute approximate surface area is 154 Å². The van der Waals surface area contributed by atoms with E-state index in [2.05, 4.69) is 25.5 Å². The lowest BCUT2D eigenvalue weighted by atomic mass is 10.3. The van der Waals surface area contributed by atoms with Gasteiger partial charge in [-0.25, -0.2) is 14.5 Å². The SMILES string of the molecule is Cc1cc(C)n(-c2n[nH]c(=S)n2/N=C\c2cnn(-c3ccccc3)c2)n1. The number of hydrogen-bond donors (Lipinski definition) is 1. The molecule has 9 heteroatoms. The highest BCUT2D eigenvalue weighted by molar-refractivity contribution is 7.71. The van der Waals surface area contributed by atoms with E-state index in [1.54, 1.807) is 21.8 Å². The molecule has 130 valence electrons. The third-order valence-electron chi connectivity index (χ3n) is 3.78. The number of H-pyrrole nitrogens is 1. The van der Waals surface area contributed by atoms with E-state index in [1.165, 1.54) is 4.68 Å². The zero-order valence-electron chi connectivity index (χ0n) is 14.2. The third-order valence-corrected chi connectivity index (χ3v) is 4.04. The van der Waals surface area contributed by atoms with Crippen molar-refractivity contribution in [1.29, 1.82) is 0 Å². The standard InChI is InChI=1S/C17H16N8S/c1-12-8-13(2)24(22-12)16-20-21-17(26)25(16)19-10-14-9-18-23(11-14)15-6-4-3-5-7-15/h3-11H,1-2H3,(H,21,26)/b19-10-. The smallest absolute Gasteiger partial charge is 0.248 e. The van der Waals surface area contributed by atoms with Crippen molar-refractivity contribution in [3.05, 3.63) is 70.5 Å². The normalized spacial score (nSPS) is 11.5. The van der Waals surface area contributed by atoms with Gasteiger partial charge in [0.1, 0.15) is 0 Å². The number of hydrogen-bond acceptors (Lipinski definition) is 5. The van der Waals surface area contributed by atoms with Gasteiger partial charge in [0.05, 0.1) is 23.8 Å². The van der Waals surface area contributed by atoms with Crippen LogP contribution in [-0.4, -0.2) is 40.6 Å². The highest BCUT2D eigenvalue weighted by Crippen LogP contribution is 2.11. The van der Waals surface area contributed by atoms with Gasteiger partial charge in [-0.3, -0.25) is 0 Å². The summed E-state index contributed by atoms with van der Waals surface area (Å²) in [6.45, 7) is 3.88. The van der Waals surface area contributed by atoms with E-state index < -0.39 is 0 Å². The van der Waals surface area contributed by atoms with E-state index >= 15 is 0 Å². The summed E-state index contributed by atoms with van der Waals surface area (Å²) >= 11 is 5.29. The van der Waals surface area contributed by atoms with E-state index in [0.717, 1.165) is 22.6 Å². The van der Waals surface area contributed by atoms with Gasteiger partial charge in [0, 0.05) is 17.5 Å². The van der Waals surface area contributed by atoms with Crippen LogP contribution in [0.25, 0.3) is 11.6 Å². The predicted molar refractivity (Wildman–Crippen MR) is 101 cm³/mol. The topological polar surface area (TPSA) is 81.6 Å². The molecule has 0 fully saturated rings. The molecule has 0 saturated carbocycles. The fourth-order valence-corrected chi connectivity index (χ4v) is 2.78. The largest absolute Gasteiger partial charge is 0.271 e. The second-order valence-corrected chi connectivity index (χ2v) is 6.16. The van der Waals surface area contributed by atoms with Crippen LogP contribution in [-0.2, 0) is 0 Å². The van der Waals surface area contributed by atoms with E-state index in [4.69, 9.17) is 12.2 Å². The third kappa shape index (κ3) is 3.00. The Morgan fingerprint density at radius 3 is 2.73 bits per heavy atom. The molecule has 0 radical (unpaired) electrons. The molecule has 4 rings (SSSR count). The van der Waals surface area contributed by atoms with Crippen LogP contribution in [0, 0.1) is 18.6 Å². The summed E-state index contributed by atoms with van der Waals surface area (Å²) in [6, 6.07) is 11.8. The number of para-hydroxylation sites is 1. The molecule has 1 aromatic carbocycles. The molecule has 0 aliphatic heterocycles. The summed E-state index contributed by atoms with van der Waals surface area (Å²) in [5.41, 5.74) is 3.67. The first-order chi connectivity index (χ1) is 12.6. The Hall–Kier alpha value is -3.33. The number of nitrogens with zero attached hydrogens (tertiary/aromatic N) is 7. The number of benzene rings is 1. The Bertz CT molecular complexity index is 1130. The first kappa shape index (κ1) is 16.2. The minimum atomic E-state index is 0.388. The van der Waals surface area contributed by atoms with Crippen molar-refractivity contribution >= 4 is 18.4 Å². The average Bonchev–Trinajstić information content (AvgIpc) is 3.33. The van der Waals surface area contributed by atoms with Gasteiger partial charge in [-0.1, -0.05) is 18.2 Å². The molecule has 3 heterocycles. The maximum atomic E-state index is 5.29. The molecule has 26 heavy (non-hydrogen) atoms. The average molecular weight is 364 g/mol. The molecular formula is C17H16N8S. The molecule has 4 aromatic rings. The van der Waals surface area contributed by atoms with Gasteiger partial charge in [0.25, 0.3) is 5.95 Å². The van der Waals surface area contributed by atoms with Crippen molar-refractivity contribution in [1.82, 2.24) is 34.4 Å². The van der Waals surface area contributed by atoms with Crippen LogP contribution in [0.1, 0.15) is 17.0 Å². The lowest BCUT2D eigenvalue weighted by molar-refractivity contribution is 0.714. The van der Waals surface area contributed by atoms with Crippen molar-refractivity contribution in [2.24, 2.45) is 5.10 Å². The lowest BCUT2D eigenvalue weighted by Gasteiger charge is -2.02. The highest BCUT2D eigenvalue weighted by atomic mass is 32.1. The van der Waals surface area contributed by atoms with Gasteiger partial charge >= 0.3 is 0 Å². The summed E-state index contributed by atoms with van der Waals surface area (Å²) in [4.78, 5) is 0. The molecule has 1 N–H and O–H groups in total. The van der Waals surface area contributed by atoms with Crippen molar-refractivity contribution in [3.8, 4) is 11.6 Å². The van der Waals surface area contributed by atoms with Crippen LogP contribution < -0.4 is 0 Å². The van der Waals surface area contributed by atoms with E-state index in [1.807, 2.05) is 56.4 Å². The van der Waals surface area contributed by atoms with Gasteiger partial charge in [0.2, 0.25) is 4.77 Å². The minimum absolute atomic E-state index is 0.388. The maximum absolute atomic E-state index is 5.29. The zero-order chi connectivity index (χ0) is 18.1. The molecular weight excluding hydrogens is 348 g/mol. The van der Waals surface area contributed by atoms with Crippen molar-refractivity contribution in [2.45, 2.75) is 13.8 Å². The van der Waals surface area contributed by atoms with Crippen molar-refractivity contribution in [2.75, 3.05) is 0 Å². The molecule has 0 aliphatic carbocycles. The maximum Gasteiger partial charge on any atom is 0.271 e. The zero-order valence-corrected chi connectivity index (χ0v) is 15.1. The molecule has 0 atom stereocenters. The first-order valence-corrected chi connectivity index (χ1v) is 8.38. The Kier molecular flexibility index (Phi) is 4.05. The van der Waals surface area contributed by atoms with Crippen LogP contribution in [0.15, 0.2) is 53.9 Å². The van der Waals surface area contributed by atoms with Crippen LogP contribution >= 0.6 is 12.2 Å². The monoisotopic (exact) mass is 364 g/mol. The highest BCUT2D eigenvalue weighted by Gasteiger charge is 2.11.